The lowest BCUT2D eigenvalue weighted by Crippen LogP contribution is -2.54. The van der Waals surface area contributed by atoms with Crippen LogP contribution in [0.4, 0.5) is 0 Å². The molecule has 100 valence electrons. The molecule has 1 fully saturated rings. The van der Waals surface area contributed by atoms with Crippen molar-refractivity contribution < 1.29 is 14.3 Å². The van der Waals surface area contributed by atoms with Gasteiger partial charge in [0.05, 0.1) is 25.3 Å². The highest BCUT2D eigenvalue weighted by molar-refractivity contribution is 5.81. The summed E-state index contributed by atoms with van der Waals surface area (Å²) in [4.78, 5) is 13.6. The first-order valence-corrected chi connectivity index (χ1v) is 6.14. The molecule has 0 spiro atoms. The minimum Gasteiger partial charge on any atom is -0.349 e. The number of ether oxygens (including phenoxy) is 2. The highest BCUT2D eigenvalue weighted by atomic mass is 16.7. The van der Waals surface area contributed by atoms with Gasteiger partial charge in [-0.25, -0.2) is 0 Å². The van der Waals surface area contributed by atoms with E-state index in [1.165, 1.54) is 0 Å². The van der Waals surface area contributed by atoms with Gasteiger partial charge in [0.2, 0.25) is 5.91 Å². The minimum atomic E-state index is -0.508. The zero-order chi connectivity index (χ0) is 13.1. The van der Waals surface area contributed by atoms with Crippen molar-refractivity contribution in [3.05, 3.63) is 0 Å². The number of nitrogens with one attached hydrogen (secondary N) is 1. The molecule has 1 atom stereocenters. The van der Waals surface area contributed by atoms with E-state index in [-0.39, 0.29) is 18.0 Å². The van der Waals surface area contributed by atoms with Crippen molar-refractivity contribution in [1.29, 1.82) is 0 Å². The average Bonchev–Trinajstić information content (AvgIpc) is 2.29. The van der Waals surface area contributed by atoms with Crippen molar-refractivity contribution in [2.75, 3.05) is 26.8 Å². The molecule has 0 bridgehead atoms. The van der Waals surface area contributed by atoms with Crippen molar-refractivity contribution in [2.45, 2.75) is 45.6 Å². The summed E-state index contributed by atoms with van der Waals surface area (Å²) >= 11 is 0. The number of carbonyl (C=O) groups is 1. The molecule has 0 aromatic rings. The zero-order valence-electron chi connectivity index (χ0n) is 11.4. The van der Waals surface area contributed by atoms with Crippen LogP contribution in [-0.4, -0.2) is 55.5 Å². The number of rotatable bonds is 4. The van der Waals surface area contributed by atoms with Crippen LogP contribution in [0.5, 0.6) is 0 Å². The summed E-state index contributed by atoms with van der Waals surface area (Å²) in [6.07, 6.45) is 0. The first kappa shape index (κ1) is 14.4. The predicted molar refractivity (Wildman–Crippen MR) is 65.7 cm³/mol. The quantitative estimate of drug-likeness (QED) is 0.786. The molecule has 0 aromatic carbocycles. The standard InChI is InChI=1S/C12H24N2O3/c1-6-14(5)11(15)9(2)13-10-7-16-12(3,4)17-8-10/h9-10,13H,6-8H2,1-5H3. The summed E-state index contributed by atoms with van der Waals surface area (Å²) in [5.74, 6) is -0.414. The molecule has 1 aliphatic rings. The van der Waals surface area contributed by atoms with E-state index >= 15 is 0 Å². The van der Waals surface area contributed by atoms with Gasteiger partial charge in [-0.05, 0) is 27.7 Å². The van der Waals surface area contributed by atoms with Gasteiger partial charge in [-0.1, -0.05) is 0 Å². The number of hydrogen-bond donors (Lipinski definition) is 1. The van der Waals surface area contributed by atoms with Gasteiger partial charge in [-0.2, -0.15) is 0 Å². The molecule has 5 heteroatoms. The highest BCUT2D eigenvalue weighted by Gasteiger charge is 2.30. The Labute approximate surface area is 103 Å². The number of nitrogens with zero attached hydrogens (tertiary/aromatic N) is 1. The second-order valence-corrected chi connectivity index (χ2v) is 4.96. The van der Waals surface area contributed by atoms with Gasteiger partial charge in [0.25, 0.3) is 0 Å². The van der Waals surface area contributed by atoms with Crippen molar-refractivity contribution >= 4 is 5.91 Å². The SMILES string of the molecule is CCN(C)C(=O)C(C)NC1COC(C)(C)OC1. The van der Waals surface area contributed by atoms with Gasteiger partial charge in [0.1, 0.15) is 0 Å². The number of carbonyl (C=O) groups excluding carboxylic acids is 1. The summed E-state index contributed by atoms with van der Waals surface area (Å²) < 4.78 is 11.1. The molecule has 0 radical (unpaired) electrons. The smallest absolute Gasteiger partial charge is 0.239 e. The van der Waals surface area contributed by atoms with Gasteiger partial charge in [-0.15, -0.1) is 0 Å². The fraction of sp³-hybridized carbons (Fsp3) is 0.917. The van der Waals surface area contributed by atoms with E-state index in [1.807, 2.05) is 27.7 Å². The average molecular weight is 244 g/mol. The lowest BCUT2D eigenvalue weighted by molar-refractivity contribution is -0.253. The summed E-state index contributed by atoms with van der Waals surface area (Å²) in [5, 5.41) is 3.23. The fourth-order valence-corrected chi connectivity index (χ4v) is 1.70. The molecule has 1 rings (SSSR count). The molecule has 0 aromatic heterocycles. The summed E-state index contributed by atoms with van der Waals surface area (Å²) in [6, 6.07) is -0.134. The Morgan fingerprint density at radius 2 is 2.00 bits per heavy atom. The Morgan fingerprint density at radius 1 is 1.47 bits per heavy atom. The Morgan fingerprint density at radius 3 is 2.47 bits per heavy atom. The lowest BCUT2D eigenvalue weighted by Gasteiger charge is -2.36. The van der Waals surface area contributed by atoms with E-state index in [0.717, 1.165) is 6.54 Å². The van der Waals surface area contributed by atoms with Gasteiger partial charge >= 0.3 is 0 Å². The maximum absolute atomic E-state index is 11.9. The van der Waals surface area contributed by atoms with E-state index in [2.05, 4.69) is 5.32 Å². The van der Waals surface area contributed by atoms with Crippen molar-refractivity contribution in [3.63, 3.8) is 0 Å². The predicted octanol–water partition coefficient (Wildman–Crippen LogP) is 0.594. The second kappa shape index (κ2) is 5.80. The Kier molecular flexibility index (Phi) is 4.91. The molecule has 1 N–H and O–H groups in total. The third-order valence-corrected chi connectivity index (χ3v) is 2.97. The van der Waals surface area contributed by atoms with Crippen LogP contribution < -0.4 is 5.32 Å². The van der Waals surface area contributed by atoms with Crippen LogP contribution in [0.15, 0.2) is 0 Å². The largest absolute Gasteiger partial charge is 0.349 e. The molecular formula is C12H24N2O3. The summed E-state index contributed by atoms with van der Waals surface area (Å²) in [7, 11) is 1.80. The van der Waals surface area contributed by atoms with E-state index in [4.69, 9.17) is 9.47 Å². The number of hydrogen-bond acceptors (Lipinski definition) is 4. The molecule has 1 amide bonds. The summed E-state index contributed by atoms with van der Waals surface area (Å²) in [6.45, 7) is 9.47. The van der Waals surface area contributed by atoms with E-state index in [9.17, 15) is 4.79 Å². The van der Waals surface area contributed by atoms with Gasteiger partial charge in [0.15, 0.2) is 5.79 Å². The highest BCUT2D eigenvalue weighted by Crippen LogP contribution is 2.17. The first-order chi connectivity index (χ1) is 7.85. The fourth-order valence-electron chi connectivity index (χ4n) is 1.70. The topological polar surface area (TPSA) is 50.8 Å². The van der Waals surface area contributed by atoms with Gasteiger partial charge in [0, 0.05) is 13.6 Å². The van der Waals surface area contributed by atoms with Crippen molar-refractivity contribution in [2.24, 2.45) is 0 Å². The molecule has 5 nitrogen and oxygen atoms in total. The molecule has 1 heterocycles. The Bertz CT molecular complexity index is 258. The van der Waals surface area contributed by atoms with E-state index in [0.29, 0.717) is 13.2 Å². The van der Waals surface area contributed by atoms with E-state index in [1.54, 1.807) is 11.9 Å². The van der Waals surface area contributed by atoms with Crippen LogP contribution in [0.1, 0.15) is 27.7 Å². The summed E-state index contributed by atoms with van der Waals surface area (Å²) in [5.41, 5.74) is 0. The second-order valence-electron chi connectivity index (χ2n) is 4.96. The number of likely N-dealkylation sites (N-methyl/N-ethyl adjacent to an activating group) is 1. The Balaban J connectivity index is 2.37. The molecule has 1 aliphatic heterocycles. The molecule has 1 saturated heterocycles. The normalized spacial score (nSPS) is 22.2. The van der Waals surface area contributed by atoms with Gasteiger partial charge < -0.3 is 14.4 Å². The zero-order valence-corrected chi connectivity index (χ0v) is 11.4. The van der Waals surface area contributed by atoms with E-state index < -0.39 is 5.79 Å². The Hall–Kier alpha value is -0.650. The van der Waals surface area contributed by atoms with Crippen LogP contribution in [-0.2, 0) is 14.3 Å². The molecule has 0 aliphatic carbocycles. The van der Waals surface area contributed by atoms with Crippen molar-refractivity contribution in [3.8, 4) is 0 Å². The molecule has 1 unspecified atom stereocenters. The maximum Gasteiger partial charge on any atom is 0.239 e. The minimum absolute atomic E-state index is 0.0761. The lowest BCUT2D eigenvalue weighted by atomic mass is 10.2. The third-order valence-electron chi connectivity index (χ3n) is 2.97. The van der Waals surface area contributed by atoms with Gasteiger partial charge in [-0.3, -0.25) is 10.1 Å². The maximum atomic E-state index is 11.9. The third kappa shape index (κ3) is 4.26. The van der Waals surface area contributed by atoms with Crippen LogP contribution in [0.2, 0.25) is 0 Å². The first-order valence-electron chi connectivity index (χ1n) is 6.14. The molecule has 0 saturated carbocycles. The monoisotopic (exact) mass is 244 g/mol. The van der Waals surface area contributed by atoms with Crippen LogP contribution >= 0.6 is 0 Å². The van der Waals surface area contributed by atoms with Crippen LogP contribution in [0, 0.1) is 0 Å². The number of amides is 1. The van der Waals surface area contributed by atoms with Crippen LogP contribution in [0.25, 0.3) is 0 Å². The molecular weight excluding hydrogens is 220 g/mol. The van der Waals surface area contributed by atoms with Crippen LogP contribution in [0.3, 0.4) is 0 Å². The van der Waals surface area contributed by atoms with Crippen molar-refractivity contribution in [1.82, 2.24) is 10.2 Å². The molecule has 17 heavy (non-hydrogen) atoms.